The summed E-state index contributed by atoms with van der Waals surface area (Å²) in [6.45, 7) is 16.0. The van der Waals surface area contributed by atoms with Crippen LogP contribution in [0.25, 0.3) is 0 Å². The summed E-state index contributed by atoms with van der Waals surface area (Å²) in [6.07, 6.45) is 3.48. The van der Waals surface area contributed by atoms with Crippen LogP contribution in [-0.2, 0) is 0 Å². The Morgan fingerprint density at radius 3 is 2.00 bits per heavy atom. The summed E-state index contributed by atoms with van der Waals surface area (Å²) in [7, 11) is 2.27. The van der Waals surface area contributed by atoms with Gasteiger partial charge in [-0.1, -0.05) is 39.3 Å². The highest BCUT2D eigenvalue weighted by atomic mass is 15.2. The van der Waals surface area contributed by atoms with Crippen molar-refractivity contribution in [2.24, 2.45) is 11.8 Å². The summed E-state index contributed by atoms with van der Waals surface area (Å²) < 4.78 is 0. The molecule has 1 nitrogen and oxygen atoms in total. The highest BCUT2D eigenvalue weighted by Crippen LogP contribution is 2.26. The van der Waals surface area contributed by atoms with Gasteiger partial charge in [0.05, 0.1) is 0 Å². The SMILES string of the molecule is C/C=C(\C)[C@@H]([C@@H](C)C(C)C)N(C)[C@@H](C)CC. The highest BCUT2D eigenvalue weighted by Gasteiger charge is 2.27. The lowest BCUT2D eigenvalue weighted by Crippen LogP contribution is -2.44. The van der Waals surface area contributed by atoms with Crippen LogP contribution >= 0.6 is 0 Å². The van der Waals surface area contributed by atoms with E-state index in [1.807, 2.05) is 0 Å². The Morgan fingerprint density at radius 1 is 1.19 bits per heavy atom. The van der Waals surface area contributed by atoms with E-state index in [1.165, 1.54) is 12.0 Å². The van der Waals surface area contributed by atoms with E-state index in [-0.39, 0.29) is 0 Å². The molecular formula is C15H31N. The van der Waals surface area contributed by atoms with Crippen molar-refractivity contribution in [3.63, 3.8) is 0 Å². The van der Waals surface area contributed by atoms with Crippen LogP contribution in [0.5, 0.6) is 0 Å². The van der Waals surface area contributed by atoms with Crippen molar-refractivity contribution in [3.8, 4) is 0 Å². The van der Waals surface area contributed by atoms with Gasteiger partial charge in [-0.2, -0.15) is 0 Å². The first-order valence-corrected chi connectivity index (χ1v) is 6.71. The Balaban J connectivity index is 4.94. The van der Waals surface area contributed by atoms with E-state index in [0.29, 0.717) is 18.0 Å². The molecule has 0 fully saturated rings. The van der Waals surface area contributed by atoms with Crippen LogP contribution in [0.2, 0.25) is 0 Å². The van der Waals surface area contributed by atoms with Crippen molar-refractivity contribution in [1.82, 2.24) is 4.90 Å². The minimum Gasteiger partial charge on any atom is -0.297 e. The lowest BCUT2D eigenvalue weighted by atomic mass is 9.84. The zero-order chi connectivity index (χ0) is 12.9. The number of likely N-dealkylation sites (N-methyl/N-ethyl adjacent to an activating group) is 1. The molecular weight excluding hydrogens is 194 g/mol. The predicted molar refractivity (Wildman–Crippen MR) is 74.7 cm³/mol. The Bertz CT molecular complexity index is 217. The van der Waals surface area contributed by atoms with Crippen LogP contribution in [0.1, 0.15) is 54.9 Å². The van der Waals surface area contributed by atoms with E-state index >= 15 is 0 Å². The van der Waals surface area contributed by atoms with E-state index in [2.05, 4.69) is 66.5 Å². The minimum atomic E-state index is 0.583. The second kappa shape index (κ2) is 7.11. The molecule has 3 atom stereocenters. The molecule has 0 spiro atoms. The summed E-state index contributed by atoms with van der Waals surface area (Å²) in [6, 6.07) is 1.24. The summed E-state index contributed by atoms with van der Waals surface area (Å²) in [5.41, 5.74) is 1.50. The first-order chi connectivity index (χ1) is 7.36. The summed E-state index contributed by atoms with van der Waals surface area (Å²) in [5, 5.41) is 0. The molecule has 0 aliphatic carbocycles. The van der Waals surface area contributed by atoms with Crippen molar-refractivity contribution < 1.29 is 0 Å². The summed E-state index contributed by atoms with van der Waals surface area (Å²) >= 11 is 0. The van der Waals surface area contributed by atoms with E-state index in [0.717, 1.165) is 5.92 Å². The van der Waals surface area contributed by atoms with Gasteiger partial charge in [-0.05, 0) is 46.1 Å². The average Bonchev–Trinajstić information content (AvgIpc) is 2.27. The molecule has 0 radical (unpaired) electrons. The fourth-order valence-corrected chi connectivity index (χ4v) is 2.20. The molecule has 0 aliphatic heterocycles. The van der Waals surface area contributed by atoms with Crippen molar-refractivity contribution in [3.05, 3.63) is 11.6 Å². The Kier molecular flexibility index (Phi) is 6.98. The zero-order valence-corrected chi connectivity index (χ0v) is 12.5. The maximum Gasteiger partial charge on any atom is 0.0332 e. The third-order valence-electron chi connectivity index (χ3n) is 4.20. The maximum absolute atomic E-state index is 2.54. The standard InChI is InChI=1S/C15H31N/c1-9-12(5)15(14(7)11(3)4)16(8)13(6)10-2/h9,11,13-15H,10H2,1-8H3/b12-9+/t13-,14-,15-/m0/s1. The largest absolute Gasteiger partial charge is 0.297 e. The van der Waals surface area contributed by atoms with E-state index < -0.39 is 0 Å². The second-order valence-electron chi connectivity index (χ2n) is 5.50. The highest BCUT2D eigenvalue weighted by molar-refractivity contribution is 5.09. The van der Waals surface area contributed by atoms with Crippen molar-refractivity contribution in [2.45, 2.75) is 67.0 Å². The Hall–Kier alpha value is -0.300. The molecule has 0 aliphatic rings. The molecule has 1 heteroatoms. The molecule has 96 valence electrons. The summed E-state index contributed by atoms with van der Waals surface area (Å²) in [5.74, 6) is 1.43. The molecule has 0 saturated carbocycles. The third-order valence-corrected chi connectivity index (χ3v) is 4.20. The van der Waals surface area contributed by atoms with Gasteiger partial charge >= 0.3 is 0 Å². The van der Waals surface area contributed by atoms with E-state index in [4.69, 9.17) is 0 Å². The Labute approximate surface area is 103 Å². The van der Waals surface area contributed by atoms with Crippen LogP contribution in [-0.4, -0.2) is 24.0 Å². The van der Waals surface area contributed by atoms with Crippen LogP contribution in [0, 0.1) is 11.8 Å². The molecule has 0 bridgehead atoms. The van der Waals surface area contributed by atoms with Crippen LogP contribution in [0.3, 0.4) is 0 Å². The first-order valence-electron chi connectivity index (χ1n) is 6.71. The molecule has 16 heavy (non-hydrogen) atoms. The third kappa shape index (κ3) is 3.93. The quantitative estimate of drug-likeness (QED) is 0.608. The van der Waals surface area contributed by atoms with E-state index in [9.17, 15) is 0 Å². The number of nitrogens with zero attached hydrogens (tertiary/aromatic N) is 1. The van der Waals surface area contributed by atoms with Gasteiger partial charge in [0.2, 0.25) is 0 Å². The van der Waals surface area contributed by atoms with Gasteiger partial charge in [0.1, 0.15) is 0 Å². The number of hydrogen-bond donors (Lipinski definition) is 0. The normalized spacial score (nSPS) is 19.0. The molecule has 0 rings (SSSR count). The molecule has 0 aromatic rings. The van der Waals surface area contributed by atoms with Gasteiger partial charge < -0.3 is 0 Å². The second-order valence-corrected chi connectivity index (χ2v) is 5.50. The van der Waals surface area contributed by atoms with Gasteiger partial charge in [-0.3, -0.25) is 4.90 Å². The smallest absolute Gasteiger partial charge is 0.0332 e. The zero-order valence-electron chi connectivity index (χ0n) is 12.5. The molecule has 0 saturated heterocycles. The van der Waals surface area contributed by atoms with Gasteiger partial charge in [0, 0.05) is 12.1 Å². The van der Waals surface area contributed by atoms with Gasteiger partial charge in [-0.15, -0.1) is 0 Å². The fraction of sp³-hybridized carbons (Fsp3) is 0.867. The number of rotatable bonds is 6. The molecule has 0 heterocycles. The lowest BCUT2D eigenvalue weighted by Gasteiger charge is -2.39. The van der Waals surface area contributed by atoms with Crippen LogP contribution in [0.15, 0.2) is 11.6 Å². The number of hydrogen-bond acceptors (Lipinski definition) is 1. The molecule has 0 aromatic heterocycles. The molecule has 0 unspecified atom stereocenters. The summed E-state index contributed by atoms with van der Waals surface area (Å²) in [4.78, 5) is 2.54. The van der Waals surface area contributed by atoms with Gasteiger partial charge in [0.25, 0.3) is 0 Å². The van der Waals surface area contributed by atoms with Crippen molar-refractivity contribution in [2.75, 3.05) is 7.05 Å². The lowest BCUT2D eigenvalue weighted by molar-refractivity contribution is 0.137. The van der Waals surface area contributed by atoms with E-state index in [1.54, 1.807) is 0 Å². The monoisotopic (exact) mass is 225 g/mol. The molecule has 0 aromatic carbocycles. The van der Waals surface area contributed by atoms with Crippen LogP contribution < -0.4 is 0 Å². The predicted octanol–water partition coefficient (Wildman–Crippen LogP) is 4.34. The van der Waals surface area contributed by atoms with Gasteiger partial charge in [-0.25, -0.2) is 0 Å². The first kappa shape index (κ1) is 15.7. The minimum absolute atomic E-state index is 0.583. The molecule has 0 N–H and O–H groups in total. The molecule has 0 amide bonds. The van der Waals surface area contributed by atoms with Crippen molar-refractivity contribution >= 4 is 0 Å². The topological polar surface area (TPSA) is 3.24 Å². The van der Waals surface area contributed by atoms with Crippen molar-refractivity contribution in [1.29, 1.82) is 0 Å². The average molecular weight is 225 g/mol. The van der Waals surface area contributed by atoms with Crippen LogP contribution in [0.4, 0.5) is 0 Å². The number of allylic oxidation sites excluding steroid dienone is 1. The van der Waals surface area contributed by atoms with Gasteiger partial charge in [0.15, 0.2) is 0 Å². The maximum atomic E-state index is 2.54. The Morgan fingerprint density at radius 2 is 1.69 bits per heavy atom. The fourth-order valence-electron chi connectivity index (χ4n) is 2.20.